The number of nitro benzene ring substituents is 1. The highest BCUT2D eigenvalue weighted by atomic mass is 32.2. The molecule has 0 aromatic heterocycles. The second-order valence-electron chi connectivity index (χ2n) is 4.74. The standard InChI is InChI=1S/C12H13FN2O6S/c13-8-3-4-11(10(6-8)15(17)18)22(19,20)14-12(16)7-9-2-1-5-21-9/h3-4,6,9H,1-2,5,7H2,(H,14,16). The number of nitro groups is 1. The van der Waals surface area contributed by atoms with Crippen LogP contribution in [0.5, 0.6) is 0 Å². The fraction of sp³-hybridized carbons (Fsp3) is 0.417. The first kappa shape index (κ1) is 16.3. The van der Waals surface area contributed by atoms with Crippen molar-refractivity contribution in [3.8, 4) is 0 Å². The molecule has 1 aromatic carbocycles. The number of rotatable bonds is 5. The van der Waals surface area contributed by atoms with E-state index in [-0.39, 0.29) is 12.5 Å². The van der Waals surface area contributed by atoms with Gasteiger partial charge in [0.1, 0.15) is 5.82 Å². The van der Waals surface area contributed by atoms with Crippen LogP contribution in [0, 0.1) is 15.9 Å². The van der Waals surface area contributed by atoms with Crippen LogP contribution in [0.3, 0.4) is 0 Å². The van der Waals surface area contributed by atoms with Crippen LogP contribution in [0.1, 0.15) is 19.3 Å². The lowest BCUT2D eigenvalue weighted by Gasteiger charge is -2.10. The van der Waals surface area contributed by atoms with Crippen molar-refractivity contribution < 1.29 is 27.3 Å². The molecule has 8 nitrogen and oxygen atoms in total. The number of hydrogen-bond acceptors (Lipinski definition) is 6. The van der Waals surface area contributed by atoms with Gasteiger partial charge in [-0.15, -0.1) is 0 Å². The highest BCUT2D eigenvalue weighted by molar-refractivity contribution is 7.90. The highest BCUT2D eigenvalue weighted by Crippen LogP contribution is 2.24. The Hall–Kier alpha value is -2.07. The van der Waals surface area contributed by atoms with Crippen LogP contribution >= 0.6 is 0 Å². The first-order chi connectivity index (χ1) is 10.3. The molecular weight excluding hydrogens is 319 g/mol. The van der Waals surface area contributed by atoms with Crippen LogP contribution in [0.2, 0.25) is 0 Å². The summed E-state index contributed by atoms with van der Waals surface area (Å²) < 4.78 is 44.1. The van der Waals surface area contributed by atoms with Gasteiger partial charge in [0.05, 0.1) is 23.5 Å². The Bertz CT molecular complexity index is 700. The van der Waals surface area contributed by atoms with Crippen molar-refractivity contribution in [2.75, 3.05) is 6.61 Å². The smallest absolute Gasteiger partial charge is 0.292 e. The summed E-state index contributed by atoms with van der Waals surface area (Å²) >= 11 is 0. The second kappa shape index (κ2) is 6.36. The third kappa shape index (κ3) is 3.77. The van der Waals surface area contributed by atoms with E-state index in [1.54, 1.807) is 4.72 Å². The van der Waals surface area contributed by atoms with Gasteiger partial charge in [-0.2, -0.15) is 0 Å². The predicted octanol–water partition coefficient (Wildman–Crippen LogP) is 1.11. The van der Waals surface area contributed by atoms with E-state index in [0.29, 0.717) is 19.1 Å². The number of hydrogen-bond donors (Lipinski definition) is 1. The summed E-state index contributed by atoms with van der Waals surface area (Å²) in [6.07, 6.45) is 0.908. The minimum Gasteiger partial charge on any atom is -0.378 e. The van der Waals surface area contributed by atoms with Gasteiger partial charge in [-0.1, -0.05) is 0 Å². The zero-order valence-corrected chi connectivity index (χ0v) is 12.1. The van der Waals surface area contributed by atoms with Crippen LogP contribution in [0.4, 0.5) is 10.1 Å². The van der Waals surface area contributed by atoms with Gasteiger partial charge in [-0.25, -0.2) is 17.5 Å². The van der Waals surface area contributed by atoms with Crippen molar-refractivity contribution in [2.24, 2.45) is 0 Å². The molecule has 22 heavy (non-hydrogen) atoms. The molecule has 1 amide bonds. The fourth-order valence-corrected chi connectivity index (χ4v) is 3.27. The first-order valence-corrected chi connectivity index (χ1v) is 7.89. The maximum absolute atomic E-state index is 13.0. The predicted molar refractivity (Wildman–Crippen MR) is 72.0 cm³/mol. The summed E-state index contributed by atoms with van der Waals surface area (Å²) in [5.41, 5.74) is -0.933. The number of nitrogens with one attached hydrogen (secondary N) is 1. The van der Waals surface area contributed by atoms with Crippen LogP contribution in [0.25, 0.3) is 0 Å². The lowest BCUT2D eigenvalue weighted by molar-refractivity contribution is -0.388. The average molecular weight is 332 g/mol. The van der Waals surface area contributed by atoms with Crippen molar-refractivity contribution >= 4 is 21.6 Å². The summed E-state index contributed by atoms with van der Waals surface area (Å²) in [6.45, 7) is 0.508. The molecule has 1 aromatic rings. The lowest BCUT2D eigenvalue weighted by Crippen LogP contribution is -2.33. The summed E-state index contributed by atoms with van der Waals surface area (Å²) in [5, 5.41) is 10.8. The van der Waals surface area contributed by atoms with E-state index in [9.17, 15) is 27.7 Å². The number of halogens is 1. The van der Waals surface area contributed by atoms with Gasteiger partial charge >= 0.3 is 0 Å². The summed E-state index contributed by atoms with van der Waals surface area (Å²) in [7, 11) is -4.46. The van der Waals surface area contributed by atoms with Crippen molar-refractivity contribution in [1.82, 2.24) is 4.72 Å². The maximum atomic E-state index is 13.0. The quantitative estimate of drug-likeness (QED) is 0.638. The zero-order valence-electron chi connectivity index (χ0n) is 11.3. The molecule has 0 bridgehead atoms. The normalized spacial score (nSPS) is 18.1. The molecule has 1 saturated heterocycles. The lowest BCUT2D eigenvalue weighted by atomic mass is 10.2. The van der Waals surface area contributed by atoms with E-state index in [4.69, 9.17) is 4.74 Å². The molecule has 1 aliphatic rings. The van der Waals surface area contributed by atoms with Crippen molar-refractivity contribution in [3.63, 3.8) is 0 Å². The number of benzene rings is 1. The van der Waals surface area contributed by atoms with Gasteiger partial charge in [0, 0.05) is 6.61 Å². The number of nitrogens with zero attached hydrogens (tertiary/aromatic N) is 1. The molecule has 1 heterocycles. The maximum Gasteiger partial charge on any atom is 0.292 e. The van der Waals surface area contributed by atoms with E-state index in [1.807, 2.05) is 0 Å². The molecular formula is C12H13FN2O6S. The Labute approximate surface area is 125 Å². The monoisotopic (exact) mass is 332 g/mol. The number of carbonyl (C=O) groups is 1. The minimum atomic E-state index is -4.46. The van der Waals surface area contributed by atoms with Crippen molar-refractivity contribution in [2.45, 2.75) is 30.3 Å². The van der Waals surface area contributed by atoms with Gasteiger partial charge < -0.3 is 4.74 Å². The van der Waals surface area contributed by atoms with E-state index in [1.165, 1.54) is 0 Å². The number of carbonyl (C=O) groups excluding carboxylic acids is 1. The topological polar surface area (TPSA) is 116 Å². The SMILES string of the molecule is O=C(CC1CCCO1)NS(=O)(=O)c1ccc(F)cc1[N+](=O)[O-]. The van der Waals surface area contributed by atoms with Crippen LogP contribution in [-0.2, 0) is 19.6 Å². The van der Waals surface area contributed by atoms with Gasteiger partial charge in [-0.3, -0.25) is 14.9 Å². The fourth-order valence-electron chi connectivity index (χ4n) is 2.12. The molecule has 0 saturated carbocycles. The second-order valence-corrected chi connectivity index (χ2v) is 6.39. The molecule has 10 heteroatoms. The number of amides is 1. The molecule has 1 N–H and O–H groups in total. The Kier molecular flexibility index (Phi) is 4.71. The average Bonchev–Trinajstić information content (AvgIpc) is 2.90. The third-order valence-corrected chi connectivity index (χ3v) is 4.51. The summed E-state index contributed by atoms with van der Waals surface area (Å²) in [6, 6.07) is 2.00. The van der Waals surface area contributed by atoms with Crippen molar-refractivity contribution in [3.05, 3.63) is 34.1 Å². The third-order valence-electron chi connectivity index (χ3n) is 3.09. The van der Waals surface area contributed by atoms with E-state index < -0.39 is 37.3 Å². The molecule has 0 radical (unpaired) electrons. The van der Waals surface area contributed by atoms with Crippen LogP contribution in [0.15, 0.2) is 23.1 Å². The minimum absolute atomic E-state index is 0.159. The molecule has 1 aliphatic heterocycles. The van der Waals surface area contributed by atoms with E-state index >= 15 is 0 Å². The molecule has 2 rings (SSSR count). The Morgan fingerprint density at radius 3 is 2.82 bits per heavy atom. The van der Waals surface area contributed by atoms with Crippen LogP contribution in [-0.4, -0.2) is 32.0 Å². The molecule has 1 fully saturated rings. The first-order valence-electron chi connectivity index (χ1n) is 6.41. The van der Waals surface area contributed by atoms with Gasteiger partial charge in [0.25, 0.3) is 15.7 Å². The molecule has 0 aliphatic carbocycles. The highest BCUT2D eigenvalue weighted by Gasteiger charge is 2.29. The zero-order chi connectivity index (χ0) is 16.3. The summed E-state index contributed by atoms with van der Waals surface area (Å²) in [4.78, 5) is 20.8. The summed E-state index contributed by atoms with van der Waals surface area (Å²) in [5.74, 6) is -1.78. The van der Waals surface area contributed by atoms with Crippen molar-refractivity contribution in [1.29, 1.82) is 0 Å². The Morgan fingerprint density at radius 1 is 1.50 bits per heavy atom. The number of ether oxygens (including phenoxy) is 1. The van der Waals surface area contributed by atoms with Gasteiger partial charge in [-0.05, 0) is 25.0 Å². The number of sulfonamides is 1. The molecule has 0 spiro atoms. The molecule has 120 valence electrons. The Morgan fingerprint density at radius 2 is 2.23 bits per heavy atom. The van der Waals surface area contributed by atoms with Gasteiger partial charge in [0.2, 0.25) is 5.91 Å². The Balaban J connectivity index is 2.19. The van der Waals surface area contributed by atoms with Crippen LogP contribution < -0.4 is 4.72 Å². The van der Waals surface area contributed by atoms with E-state index in [2.05, 4.69) is 0 Å². The molecule has 1 atom stereocenters. The largest absolute Gasteiger partial charge is 0.378 e. The molecule has 1 unspecified atom stereocenters. The van der Waals surface area contributed by atoms with Gasteiger partial charge in [0.15, 0.2) is 4.90 Å². The van der Waals surface area contributed by atoms with E-state index in [0.717, 1.165) is 18.6 Å².